The largest absolute Gasteiger partial charge is 0.350 e. The maximum Gasteiger partial charge on any atom is 0.0360 e. The molecule has 0 atom stereocenters. The van der Waals surface area contributed by atoms with Crippen molar-refractivity contribution in [2.75, 3.05) is 20.6 Å². The van der Waals surface area contributed by atoms with Gasteiger partial charge in [0, 0.05) is 37.1 Å². The fourth-order valence-corrected chi connectivity index (χ4v) is 1.72. The fraction of sp³-hybridized carbons (Fsp3) is 0.714. The van der Waals surface area contributed by atoms with Crippen LogP contribution < -0.4 is 5.32 Å². The zero-order valence-electron chi connectivity index (χ0n) is 12.0. The van der Waals surface area contributed by atoms with E-state index in [2.05, 4.69) is 68.0 Å². The van der Waals surface area contributed by atoms with Gasteiger partial charge in [0.15, 0.2) is 0 Å². The van der Waals surface area contributed by atoms with E-state index in [1.54, 1.807) is 0 Å². The maximum atomic E-state index is 3.55. The Balaban J connectivity index is 2.43. The van der Waals surface area contributed by atoms with E-state index < -0.39 is 0 Å². The molecule has 0 aliphatic rings. The third-order valence-electron chi connectivity index (χ3n) is 3.46. The number of nitrogens with one attached hydrogen (secondary N) is 1. The molecule has 17 heavy (non-hydrogen) atoms. The molecule has 1 N–H and O–H groups in total. The first-order valence-corrected chi connectivity index (χ1v) is 6.49. The molecule has 98 valence electrons. The van der Waals surface area contributed by atoms with E-state index >= 15 is 0 Å². The average molecular weight is 237 g/mol. The molecule has 1 aromatic rings. The van der Waals surface area contributed by atoms with Gasteiger partial charge in [0.05, 0.1) is 0 Å². The van der Waals surface area contributed by atoms with Crippen LogP contribution in [0.5, 0.6) is 0 Å². The van der Waals surface area contributed by atoms with Gasteiger partial charge in [-0.25, -0.2) is 0 Å². The average Bonchev–Trinajstić information content (AvgIpc) is 2.66. The summed E-state index contributed by atoms with van der Waals surface area (Å²) in [5.74, 6) is 0. The van der Waals surface area contributed by atoms with Crippen LogP contribution >= 0.6 is 0 Å². The van der Waals surface area contributed by atoms with Crippen LogP contribution in [0.1, 0.15) is 32.9 Å². The summed E-state index contributed by atoms with van der Waals surface area (Å²) in [6, 6.07) is 4.33. The zero-order chi connectivity index (χ0) is 12.9. The zero-order valence-corrected chi connectivity index (χ0v) is 12.0. The smallest absolute Gasteiger partial charge is 0.0360 e. The Morgan fingerprint density at radius 1 is 1.35 bits per heavy atom. The van der Waals surface area contributed by atoms with Crippen LogP contribution in [0, 0.1) is 0 Å². The van der Waals surface area contributed by atoms with Gasteiger partial charge in [0.1, 0.15) is 0 Å². The number of hydrogen-bond acceptors (Lipinski definition) is 2. The van der Waals surface area contributed by atoms with Gasteiger partial charge in [-0.05, 0) is 46.5 Å². The number of likely N-dealkylation sites (N-methyl/N-ethyl adjacent to an activating group) is 1. The molecule has 0 fully saturated rings. The van der Waals surface area contributed by atoms with E-state index in [1.165, 1.54) is 12.1 Å². The van der Waals surface area contributed by atoms with Crippen molar-refractivity contribution in [1.82, 2.24) is 14.8 Å². The van der Waals surface area contributed by atoms with Crippen LogP contribution in [0.25, 0.3) is 0 Å². The standard InChI is InChI=1S/C14H27N3/c1-6-9-17-10-7-8-13(17)11-15-12-14(2,3)16(4)5/h7-8,10,15H,6,9,11-12H2,1-5H3. The lowest BCUT2D eigenvalue weighted by atomic mass is 10.0. The highest BCUT2D eigenvalue weighted by molar-refractivity contribution is 5.07. The predicted molar refractivity (Wildman–Crippen MR) is 74.2 cm³/mol. The Labute approximate surface area is 106 Å². The van der Waals surface area contributed by atoms with Crippen LogP contribution in [-0.2, 0) is 13.1 Å². The molecule has 0 bridgehead atoms. The third kappa shape index (κ3) is 4.17. The van der Waals surface area contributed by atoms with Gasteiger partial charge in [-0.15, -0.1) is 0 Å². The molecule has 0 saturated heterocycles. The van der Waals surface area contributed by atoms with Crippen molar-refractivity contribution in [3.8, 4) is 0 Å². The lowest BCUT2D eigenvalue weighted by molar-refractivity contribution is 0.189. The highest BCUT2D eigenvalue weighted by atomic mass is 15.2. The lowest BCUT2D eigenvalue weighted by Gasteiger charge is -2.32. The first-order chi connectivity index (χ1) is 7.97. The van der Waals surface area contributed by atoms with E-state index in [-0.39, 0.29) is 5.54 Å². The summed E-state index contributed by atoms with van der Waals surface area (Å²) < 4.78 is 2.33. The summed E-state index contributed by atoms with van der Waals surface area (Å²) in [7, 11) is 4.25. The molecule has 0 radical (unpaired) electrons. The summed E-state index contributed by atoms with van der Waals surface area (Å²) in [5, 5.41) is 3.55. The molecule has 3 heteroatoms. The first kappa shape index (κ1) is 14.3. The minimum absolute atomic E-state index is 0.197. The van der Waals surface area contributed by atoms with Gasteiger partial charge < -0.3 is 14.8 Å². The molecule has 0 spiro atoms. The molecule has 1 rings (SSSR count). The quantitative estimate of drug-likeness (QED) is 0.785. The minimum Gasteiger partial charge on any atom is -0.350 e. The predicted octanol–water partition coefficient (Wildman–Crippen LogP) is 2.33. The van der Waals surface area contributed by atoms with E-state index in [1.807, 2.05) is 0 Å². The SMILES string of the molecule is CCCn1cccc1CNCC(C)(C)N(C)C. The molecular weight excluding hydrogens is 210 g/mol. The van der Waals surface area contributed by atoms with E-state index in [0.29, 0.717) is 0 Å². The first-order valence-electron chi connectivity index (χ1n) is 6.49. The van der Waals surface area contributed by atoms with Crippen molar-refractivity contribution in [2.45, 2.75) is 45.8 Å². The number of nitrogens with zero attached hydrogens (tertiary/aromatic N) is 2. The molecule has 1 aromatic heterocycles. The highest BCUT2D eigenvalue weighted by Crippen LogP contribution is 2.09. The number of aryl methyl sites for hydroxylation is 1. The summed E-state index contributed by atoms with van der Waals surface area (Å²) in [4.78, 5) is 2.26. The van der Waals surface area contributed by atoms with Crippen LogP contribution in [0.4, 0.5) is 0 Å². The molecule has 0 saturated carbocycles. The fourth-order valence-electron chi connectivity index (χ4n) is 1.72. The van der Waals surface area contributed by atoms with Gasteiger partial charge in [0.25, 0.3) is 0 Å². The van der Waals surface area contributed by atoms with E-state index in [4.69, 9.17) is 0 Å². The van der Waals surface area contributed by atoms with E-state index in [9.17, 15) is 0 Å². The topological polar surface area (TPSA) is 20.2 Å². The molecule has 3 nitrogen and oxygen atoms in total. The normalized spacial score (nSPS) is 12.4. The van der Waals surface area contributed by atoms with Gasteiger partial charge >= 0.3 is 0 Å². The Bertz CT molecular complexity index is 326. The Kier molecular flexibility index (Phi) is 5.22. The van der Waals surface area contributed by atoms with Gasteiger partial charge in [-0.3, -0.25) is 0 Å². The Hall–Kier alpha value is -0.800. The summed E-state index contributed by atoms with van der Waals surface area (Å²) in [6.07, 6.45) is 3.35. The molecule has 0 amide bonds. The molecule has 0 aliphatic heterocycles. The monoisotopic (exact) mass is 237 g/mol. The minimum atomic E-state index is 0.197. The third-order valence-corrected chi connectivity index (χ3v) is 3.46. The Morgan fingerprint density at radius 2 is 2.06 bits per heavy atom. The highest BCUT2D eigenvalue weighted by Gasteiger charge is 2.19. The van der Waals surface area contributed by atoms with Crippen molar-refractivity contribution >= 4 is 0 Å². The van der Waals surface area contributed by atoms with Crippen molar-refractivity contribution in [3.05, 3.63) is 24.0 Å². The molecule has 0 unspecified atom stereocenters. The number of aromatic nitrogens is 1. The molecule has 0 aliphatic carbocycles. The van der Waals surface area contributed by atoms with Crippen molar-refractivity contribution in [1.29, 1.82) is 0 Å². The lowest BCUT2D eigenvalue weighted by Crippen LogP contribution is -2.46. The Morgan fingerprint density at radius 3 is 2.65 bits per heavy atom. The molecule has 0 aromatic carbocycles. The summed E-state index contributed by atoms with van der Waals surface area (Å²) in [5.41, 5.74) is 1.57. The second-order valence-electron chi connectivity index (χ2n) is 5.50. The molecular formula is C14H27N3. The van der Waals surface area contributed by atoms with Crippen molar-refractivity contribution < 1.29 is 0 Å². The number of rotatable bonds is 7. The van der Waals surface area contributed by atoms with E-state index in [0.717, 1.165) is 19.6 Å². The maximum absolute atomic E-state index is 3.55. The summed E-state index contributed by atoms with van der Waals surface area (Å²) in [6.45, 7) is 9.78. The van der Waals surface area contributed by atoms with Crippen molar-refractivity contribution in [2.24, 2.45) is 0 Å². The van der Waals surface area contributed by atoms with Gasteiger partial charge in [-0.1, -0.05) is 6.92 Å². The van der Waals surface area contributed by atoms with Crippen LogP contribution in [-0.4, -0.2) is 35.6 Å². The van der Waals surface area contributed by atoms with Gasteiger partial charge in [-0.2, -0.15) is 0 Å². The van der Waals surface area contributed by atoms with Gasteiger partial charge in [0.2, 0.25) is 0 Å². The van der Waals surface area contributed by atoms with Crippen LogP contribution in [0.15, 0.2) is 18.3 Å². The second kappa shape index (κ2) is 6.22. The summed E-state index contributed by atoms with van der Waals surface area (Å²) >= 11 is 0. The molecule has 1 heterocycles. The number of hydrogen-bond donors (Lipinski definition) is 1. The van der Waals surface area contributed by atoms with Crippen LogP contribution in [0.3, 0.4) is 0 Å². The van der Waals surface area contributed by atoms with Crippen molar-refractivity contribution in [3.63, 3.8) is 0 Å². The van der Waals surface area contributed by atoms with Crippen LogP contribution in [0.2, 0.25) is 0 Å². The second-order valence-corrected chi connectivity index (χ2v) is 5.50.